The van der Waals surface area contributed by atoms with Gasteiger partial charge in [-0.25, -0.2) is 29.5 Å². The fraction of sp³-hybridized carbons (Fsp3) is 0.455. The number of aromatic nitrogens is 9. The average Bonchev–Trinajstić information content (AvgIpc) is 3.80. The van der Waals surface area contributed by atoms with Crippen molar-refractivity contribution in [1.29, 1.82) is 0 Å². The van der Waals surface area contributed by atoms with E-state index in [0.717, 1.165) is 0 Å². The second-order valence-electron chi connectivity index (χ2n) is 10.5. The molecule has 45 heavy (non-hydrogen) atoms. The molecule has 238 valence electrons. The number of hydrogen-bond acceptors (Lipinski definition) is 15. The van der Waals surface area contributed by atoms with Gasteiger partial charge in [0.05, 0.1) is 32.0 Å². The molecule has 8 rings (SSSR count). The summed E-state index contributed by atoms with van der Waals surface area (Å²) in [4.78, 5) is 47.2. The molecule has 5 aromatic rings. The predicted octanol–water partition coefficient (Wildman–Crippen LogP) is 1.44. The molecule has 4 N–H and O–H groups in total. The molecule has 3 aliphatic heterocycles. The van der Waals surface area contributed by atoms with Gasteiger partial charge >= 0.3 is 13.5 Å². The molecule has 0 spiro atoms. The van der Waals surface area contributed by atoms with E-state index < -0.39 is 55.9 Å². The maximum absolute atomic E-state index is 13.5. The molecular formula is C22H24N10O9P2S2. The van der Waals surface area contributed by atoms with Gasteiger partial charge in [0.15, 0.2) is 22.6 Å². The quantitative estimate of drug-likeness (QED) is 0.151. The average molecular weight is 699 g/mol. The first-order valence-corrected chi connectivity index (χ1v) is 18.8. The number of anilines is 1. The number of imidazole rings is 3. The first-order valence-electron chi connectivity index (χ1n) is 13.5. The lowest BCUT2D eigenvalue weighted by Gasteiger charge is -2.28. The van der Waals surface area contributed by atoms with Crippen LogP contribution < -0.4 is 11.3 Å². The number of nitrogens with one attached hydrogen (secondary N) is 1. The number of thiol groups is 1. The van der Waals surface area contributed by atoms with Gasteiger partial charge in [-0.1, -0.05) is 12.2 Å². The van der Waals surface area contributed by atoms with Crippen LogP contribution in [0.5, 0.6) is 0 Å². The molecule has 0 bridgehead atoms. The zero-order chi connectivity index (χ0) is 31.1. The van der Waals surface area contributed by atoms with Gasteiger partial charge in [0.1, 0.15) is 42.6 Å². The van der Waals surface area contributed by atoms with Gasteiger partial charge in [0.25, 0.3) is 5.56 Å². The smallest absolute Gasteiger partial charge is 0.382 e. The van der Waals surface area contributed by atoms with Crippen molar-refractivity contribution in [2.45, 2.75) is 49.7 Å². The van der Waals surface area contributed by atoms with E-state index in [2.05, 4.69) is 42.2 Å². The van der Waals surface area contributed by atoms with Gasteiger partial charge in [0.2, 0.25) is 5.78 Å². The highest BCUT2D eigenvalue weighted by Crippen LogP contribution is 2.58. The van der Waals surface area contributed by atoms with E-state index in [-0.39, 0.29) is 37.4 Å². The summed E-state index contributed by atoms with van der Waals surface area (Å²) in [6.45, 7) is -8.44. The Balaban J connectivity index is 1.06. The number of H-pyrrole nitrogens is 1. The molecule has 8 atom stereocenters. The van der Waals surface area contributed by atoms with Crippen LogP contribution in [-0.4, -0.2) is 86.0 Å². The van der Waals surface area contributed by atoms with E-state index >= 15 is 0 Å². The Kier molecular flexibility index (Phi) is 7.15. The number of nitrogens with zero attached hydrogens (tertiary/aromatic N) is 8. The zero-order valence-electron chi connectivity index (χ0n) is 22.8. The molecule has 5 aromatic heterocycles. The van der Waals surface area contributed by atoms with Gasteiger partial charge in [-0.15, -0.1) is 0 Å². The molecule has 0 aromatic carbocycles. The van der Waals surface area contributed by atoms with Crippen molar-refractivity contribution in [3.05, 3.63) is 41.7 Å². The third-order valence-corrected chi connectivity index (χ3v) is 11.0. The van der Waals surface area contributed by atoms with E-state index in [1.54, 1.807) is 19.7 Å². The van der Waals surface area contributed by atoms with Crippen LogP contribution >= 0.6 is 25.8 Å². The Morgan fingerprint density at radius 1 is 0.956 bits per heavy atom. The van der Waals surface area contributed by atoms with Crippen LogP contribution in [0.25, 0.3) is 28.1 Å². The summed E-state index contributed by atoms with van der Waals surface area (Å²) >= 11 is 9.57. The summed E-state index contributed by atoms with van der Waals surface area (Å²) in [5, 5.41) is 0. The molecule has 3 aliphatic rings. The van der Waals surface area contributed by atoms with E-state index in [1.165, 1.54) is 25.2 Å². The number of nitrogens with two attached hydrogens (primary N) is 1. The third kappa shape index (κ3) is 5.31. The molecular weight excluding hydrogens is 674 g/mol. The van der Waals surface area contributed by atoms with Crippen LogP contribution in [0.4, 0.5) is 5.82 Å². The fourth-order valence-electron chi connectivity index (χ4n) is 5.77. The Labute approximate surface area is 261 Å². The Bertz CT molecular complexity index is 2100. The van der Waals surface area contributed by atoms with Gasteiger partial charge in [-0.3, -0.25) is 32.4 Å². The second-order valence-corrected chi connectivity index (χ2v) is 16.2. The molecule has 0 saturated carbocycles. The van der Waals surface area contributed by atoms with Gasteiger partial charge < -0.3 is 29.1 Å². The lowest BCUT2D eigenvalue weighted by Crippen LogP contribution is -2.32. The maximum Gasteiger partial charge on any atom is 0.386 e. The highest BCUT2D eigenvalue weighted by atomic mass is 32.7. The van der Waals surface area contributed by atoms with Gasteiger partial charge in [0, 0.05) is 25.2 Å². The SMILES string of the molecule is Nc1ncnc2c1ncn2[C@H]1C[C@@H]2OP(O)(=S)OC[C@H]3O[C@@H](n4cnc5c(=O)[nH]c6nccn6c54)C[C@@H]3OP(=O)(S)OC[C@H]2O1. The minimum absolute atomic E-state index is 0.134. The summed E-state index contributed by atoms with van der Waals surface area (Å²) in [5.74, 6) is 0.522. The molecule has 8 heterocycles. The lowest BCUT2D eigenvalue weighted by molar-refractivity contribution is -0.0557. The highest BCUT2D eigenvalue weighted by molar-refractivity contribution is 8.44. The number of rotatable bonds is 2. The molecule has 0 aliphatic carbocycles. The number of fused-ring (bicyclic) bond motifs is 6. The van der Waals surface area contributed by atoms with Crippen molar-refractivity contribution in [2.75, 3.05) is 18.9 Å². The molecule has 3 saturated heterocycles. The molecule has 0 radical (unpaired) electrons. The molecule has 19 nitrogen and oxygen atoms in total. The number of aromatic amines is 1. The molecule has 3 fully saturated rings. The number of ether oxygens (including phenoxy) is 2. The van der Waals surface area contributed by atoms with Gasteiger partial charge in [-0.2, -0.15) is 0 Å². The van der Waals surface area contributed by atoms with E-state index in [1.807, 2.05) is 0 Å². The van der Waals surface area contributed by atoms with Crippen molar-refractivity contribution in [3.63, 3.8) is 0 Å². The van der Waals surface area contributed by atoms with Gasteiger partial charge in [-0.05, 0) is 11.8 Å². The van der Waals surface area contributed by atoms with Crippen molar-refractivity contribution in [2.24, 2.45) is 0 Å². The topological polar surface area (TPSA) is 230 Å². The Morgan fingerprint density at radius 2 is 1.64 bits per heavy atom. The minimum Gasteiger partial charge on any atom is -0.382 e. The fourth-order valence-corrected chi connectivity index (χ4v) is 8.77. The summed E-state index contributed by atoms with van der Waals surface area (Å²) < 4.78 is 54.0. The normalized spacial score (nSPS) is 34.5. The summed E-state index contributed by atoms with van der Waals surface area (Å²) in [6, 6.07) is 0. The lowest BCUT2D eigenvalue weighted by atomic mass is 10.2. The van der Waals surface area contributed by atoms with Crippen LogP contribution in [-0.2, 0) is 43.9 Å². The van der Waals surface area contributed by atoms with E-state index in [0.29, 0.717) is 22.6 Å². The standard InChI is InChI=1S/C22H24N10O9P2S2/c23-18-16-19(26-7-25-18)31(8-27-16)14-3-10-12(38-14)5-36-43(35,45)41-11-4-15(39-13(11)6-37-42(34,44)40-10)32-9-28-17-20(33)29-22-24-1-2-30(22)21(17)32/h1-2,7-15H,3-6H2,(H,34,44)(H,35,45)(H2,23,25,26)(H,24,29,33)/t10-,11-,12+,13+,14+,15+,42?,43?/m0/s1. The van der Waals surface area contributed by atoms with Crippen LogP contribution in [0.1, 0.15) is 25.3 Å². The Hall–Kier alpha value is -2.81. The molecule has 23 heteroatoms. The molecule has 2 unspecified atom stereocenters. The summed E-state index contributed by atoms with van der Waals surface area (Å²) in [5.41, 5.74) is 6.91. The van der Waals surface area contributed by atoms with Crippen molar-refractivity contribution in [3.8, 4) is 0 Å². The first kappa shape index (κ1) is 29.6. The van der Waals surface area contributed by atoms with Crippen molar-refractivity contribution >= 4 is 71.5 Å². The van der Waals surface area contributed by atoms with Crippen LogP contribution in [0.15, 0.2) is 36.2 Å². The van der Waals surface area contributed by atoms with Crippen molar-refractivity contribution in [1.82, 2.24) is 43.4 Å². The largest absolute Gasteiger partial charge is 0.386 e. The minimum atomic E-state index is -4.01. The van der Waals surface area contributed by atoms with E-state index in [4.69, 9.17) is 45.1 Å². The zero-order valence-corrected chi connectivity index (χ0v) is 26.3. The van der Waals surface area contributed by atoms with Crippen LogP contribution in [0.2, 0.25) is 0 Å². The monoisotopic (exact) mass is 698 g/mol. The summed E-state index contributed by atoms with van der Waals surface area (Å²) in [7, 11) is 0. The third-order valence-electron chi connectivity index (χ3n) is 7.79. The Morgan fingerprint density at radius 3 is 2.44 bits per heavy atom. The van der Waals surface area contributed by atoms with Crippen LogP contribution in [0.3, 0.4) is 0 Å². The summed E-state index contributed by atoms with van der Waals surface area (Å²) in [6.07, 6.45) is 2.89. The molecule has 0 amide bonds. The number of nitrogen functional groups attached to an aromatic ring is 1. The van der Waals surface area contributed by atoms with Crippen molar-refractivity contribution < 1.29 is 37.0 Å². The number of hydrogen-bond donors (Lipinski definition) is 4. The van der Waals surface area contributed by atoms with Crippen LogP contribution in [0, 0.1) is 0 Å². The first-order chi connectivity index (χ1) is 21.6. The highest BCUT2D eigenvalue weighted by Gasteiger charge is 2.46. The maximum atomic E-state index is 13.5. The van der Waals surface area contributed by atoms with E-state index in [9.17, 15) is 14.3 Å². The predicted molar refractivity (Wildman–Crippen MR) is 161 cm³/mol. The second kappa shape index (κ2) is 10.9.